The number of rotatable bonds is 3. The molecule has 0 aliphatic rings. The van der Waals surface area contributed by atoms with Gasteiger partial charge in [-0.25, -0.2) is 4.79 Å². The summed E-state index contributed by atoms with van der Waals surface area (Å²) in [4.78, 5) is 23.5. The van der Waals surface area contributed by atoms with Crippen LogP contribution in [0.2, 0.25) is 5.02 Å². The molecular weight excluding hydrogens is 358 g/mol. The third-order valence-electron chi connectivity index (χ3n) is 2.93. The standard InChI is InChI=1S/C15H11BrClNO3/c1-8-5-6-9(16)7-11(8)14(19)18-13-10(15(20)21)3-2-4-12(13)17/h2-7H,1H3,(H,18,19)(H,20,21). The van der Waals surface area contributed by atoms with E-state index in [4.69, 9.17) is 16.7 Å². The molecule has 1 amide bonds. The van der Waals surface area contributed by atoms with Crippen LogP contribution < -0.4 is 5.32 Å². The van der Waals surface area contributed by atoms with E-state index in [1.807, 2.05) is 6.07 Å². The molecule has 2 rings (SSSR count). The van der Waals surface area contributed by atoms with E-state index in [1.54, 1.807) is 19.1 Å². The van der Waals surface area contributed by atoms with Gasteiger partial charge >= 0.3 is 5.97 Å². The number of nitrogens with one attached hydrogen (secondary N) is 1. The van der Waals surface area contributed by atoms with Gasteiger partial charge in [-0.3, -0.25) is 4.79 Å². The Morgan fingerprint density at radius 2 is 1.90 bits per heavy atom. The molecule has 0 saturated heterocycles. The maximum atomic E-state index is 12.3. The molecule has 6 heteroatoms. The molecule has 0 unspecified atom stereocenters. The van der Waals surface area contributed by atoms with E-state index in [9.17, 15) is 9.59 Å². The second kappa shape index (κ2) is 6.28. The Balaban J connectivity index is 2.41. The minimum Gasteiger partial charge on any atom is -0.478 e. The van der Waals surface area contributed by atoms with E-state index in [0.29, 0.717) is 5.56 Å². The smallest absolute Gasteiger partial charge is 0.337 e. The number of carbonyl (C=O) groups excluding carboxylic acids is 1. The zero-order valence-electron chi connectivity index (χ0n) is 11.0. The third kappa shape index (κ3) is 3.43. The first-order chi connectivity index (χ1) is 9.90. The number of hydrogen-bond donors (Lipinski definition) is 2. The van der Waals surface area contributed by atoms with Gasteiger partial charge < -0.3 is 10.4 Å². The summed E-state index contributed by atoms with van der Waals surface area (Å²) in [7, 11) is 0. The summed E-state index contributed by atoms with van der Waals surface area (Å²) in [5.74, 6) is -1.57. The summed E-state index contributed by atoms with van der Waals surface area (Å²) in [5.41, 5.74) is 1.26. The van der Waals surface area contributed by atoms with Gasteiger partial charge in [-0.1, -0.05) is 39.7 Å². The SMILES string of the molecule is Cc1ccc(Br)cc1C(=O)Nc1c(Cl)cccc1C(=O)O. The number of amides is 1. The Morgan fingerprint density at radius 1 is 1.19 bits per heavy atom. The molecule has 21 heavy (non-hydrogen) atoms. The molecule has 2 aromatic rings. The Kier molecular flexibility index (Phi) is 4.65. The van der Waals surface area contributed by atoms with Crippen LogP contribution in [0.3, 0.4) is 0 Å². The van der Waals surface area contributed by atoms with E-state index in [-0.39, 0.29) is 16.3 Å². The molecule has 4 nitrogen and oxygen atoms in total. The normalized spacial score (nSPS) is 10.2. The van der Waals surface area contributed by atoms with Crippen LogP contribution in [0.1, 0.15) is 26.3 Å². The largest absolute Gasteiger partial charge is 0.478 e. The van der Waals surface area contributed by atoms with Crippen molar-refractivity contribution in [1.82, 2.24) is 0 Å². The van der Waals surface area contributed by atoms with Gasteiger partial charge in [0.1, 0.15) is 0 Å². The van der Waals surface area contributed by atoms with Gasteiger partial charge in [-0.15, -0.1) is 0 Å². The number of halogens is 2. The second-order valence-electron chi connectivity index (χ2n) is 4.38. The van der Waals surface area contributed by atoms with Gasteiger partial charge in [0.15, 0.2) is 0 Å². The lowest BCUT2D eigenvalue weighted by Crippen LogP contribution is -2.16. The first-order valence-corrected chi connectivity index (χ1v) is 7.16. The number of carboxylic acids is 1. The number of para-hydroxylation sites is 1. The van der Waals surface area contributed by atoms with Crippen molar-refractivity contribution < 1.29 is 14.7 Å². The number of carboxylic acid groups (broad SMARTS) is 1. The van der Waals surface area contributed by atoms with Crippen molar-refractivity contribution in [1.29, 1.82) is 0 Å². The van der Waals surface area contributed by atoms with Crippen LogP contribution in [-0.2, 0) is 0 Å². The average molecular weight is 369 g/mol. The summed E-state index contributed by atoms with van der Waals surface area (Å²) in [6.45, 7) is 1.80. The molecule has 0 heterocycles. The van der Waals surface area contributed by atoms with Crippen molar-refractivity contribution in [3.8, 4) is 0 Å². The maximum absolute atomic E-state index is 12.3. The van der Waals surface area contributed by atoms with E-state index in [2.05, 4.69) is 21.2 Å². The topological polar surface area (TPSA) is 66.4 Å². The molecule has 2 aromatic carbocycles. The predicted octanol–water partition coefficient (Wildman–Crippen LogP) is 4.36. The molecule has 0 spiro atoms. The molecule has 2 N–H and O–H groups in total. The summed E-state index contributed by atoms with van der Waals surface area (Å²) in [6.07, 6.45) is 0. The van der Waals surface area contributed by atoms with Crippen molar-refractivity contribution in [2.75, 3.05) is 5.32 Å². The Morgan fingerprint density at radius 3 is 2.57 bits per heavy atom. The van der Waals surface area contributed by atoms with Crippen LogP contribution in [0.15, 0.2) is 40.9 Å². The highest BCUT2D eigenvalue weighted by Crippen LogP contribution is 2.27. The van der Waals surface area contributed by atoms with E-state index >= 15 is 0 Å². The van der Waals surface area contributed by atoms with Crippen LogP contribution >= 0.6 is 27.5 Å². The molecule has 0 aliphatic carbocycles. The molecule has 0 atom stereocenters. The fraction of sp³-hybridized carbons (Fsp3) is 0.0667. The molecular formula is C15H11BrClNO3. The Bertz CT molecular complexity index is 731. The molecule has 0 saturated carbocycles. The van der Waals surface area contributed by atoms with Gasteiger partial charge in [0.05, 0.1) is 16.3 Å². The Hall–Kier alpha value is -1.85. The maximum Gasteiger partial charge on any atom is 0.337 e. The first-order valence-electron chi connectivity index (χ1n) is 5.99. The minimum atomic E-state index is -1.15. The van der Waals surface area contributed by atoms with E-state index < -0.39 is 11.9 Å². The number of anilines is 1. The number of carbonyl (C=O) groups is 2. The number of hydrogen-bond acceptors (Lipinski definition) is 2. The minimum absolute atomic E-state index is 0.0523. The zero-order valence-corrected chi connectivity index (χ0v) is 13.3. The lowest BCUT2D eigenvalue weighted by atomic mass is 10.1. The zero-order chi connectivity index (χ0) is 15.6. The van der Waals surface area contributed by atoms with Crippen LogP contribution in [0.5, 0.6) is 0 Å². The second-order valence-corrected chi connectivity index (χ2v) is 5.70. The number of benzene rings is 2. The fourth-order valence-electron chi connectivity index (χ4n) is 1.85. The van der Waals surface area contributed by atoms with E-state index in [0.717, 1.165) is 10.0 Å². The van der Waals surface area contributed by atoms with Crippen LogP contribution in [0.4, 0.5) is 5.69 Å². The number of aromatic carboxylic acids is 1. The lowest BCUT2D eigenvalue weighted by molar-refractivity contribution is 0.0698. The third-order valence-corrected chi connectivity index (χ3v) is 3.74. The summed E-state index contributed by atoms with van der Waals surface area (Å²) < 4.78 is 0.760. The van der Waals surface area contributed by atoms with Crippen molar-refractivity contribution in [3.63, 3.8) is 0 Å². The fourth-order valence-corrected chi connectivity index (χ4v) is 2.43. The highest BCUT2D eigenvalue weighted by atomic mass is 79.9. The highest BCUT2D eigenvalue weighted by Gasteiger charge is 2.17. The molecule has 0 bridgehead atoms. The van der Waals surface area contributed by atoms with Crippen LogP contribution in [0.25, 0.3) is 0 Å². The predicted molar refractivity (Wildman–Crippen MR) is 85.2 cm³/mol. The van der Waals surface area contributed by atoms with Crippen LogP contribution in [-0.4, -0.2) is 17.0 Å². The molecule has 108 valence electrons. The van der Waals surface area contributed by atoms with Gasteiger partial charge in [-0.05, 0) is 36.8 Å². The lowest BCUT2D eigenvalue weighted by Gasteiger charge is -2.12. The number of aryl methyl sites for hydroxylation is 1. The van der Waals surface area contributed by atoms with Gasteiger partial charge in [-0.2, -0.15) is 0 Å². The van der Waals surface area contributed by atoms with Crippen molar-refractivity contribution in [2.45, 2.75) is 6.92 Å². The quantitative estimate of drug-likeness (QED) is 0.846. The molecule has 0 aromatic heterocycles. The summed E-state index contributed by atoms with van der Waals surface area (Å²) in [5, 5.41) is 11.9. The first kappa shape index (κ1) is 15.5. The average Bonchev–Trinajstić information content (AvgIpc) is 2.43. The van der Waals surface area contributed by atoms with Crippen molar-refractivity contribution in [3.05, 3.63) is 62.6 Å². The monoisotopic (exact) mass is 367 g/mol. The Labute approximate surface area is 134 Å². The molecule has 0 radical (unpaired) electrons. The van der Waals surface area contributed by atoms with Gasteiger partial charge in [0, 0.05) is 10.0 Å². The van der Waals surface area contributed by atoms with Gasteiger partial charge in [0.25, 0.3) is 5.91 Å². The summed E-state index contributed by atoms with van der Waals surface area (Å²) >= 11 is 9.29. The highest BCUT2D eigenvalue weighted by molar-refractivity contribution is 9.10. The van der Waals surface area contributed by atoms with Gasteiger partial charge in [0.2, 0.25) is 0 Å². The molecule has 0 fully saturated rings. The summed E-state index contributed by atoms with van der Waals surface area (Å²) in [6, 6.07) is 9.72. The van der Waals surface area contributed by atoms with Crippen LogP contribution in [0, 0.1) is 6.92 Å². The van der Waals surface area contributed by atoms with Crippen molar-refractivity contribution >= 4 is 45.1 Å². The molecule has 0 aliphatic heterocycles. The van der Waals surface area contributed by atoms with Crippen molar-refractivity contribution in [2.24, 2.45) is 0 Å². The van der Waals surface area contributed by atoms with E-state index in [1.165, 1.54) is 18.2 Å².